The molecule has 2 amide bonds. The average Bonchev–Trinajstić information content (AvgIpc) is 3.11. The predicted octanol–water partition coefficient (Wildman–Crippen LogP) is 6.87. The highest BCUT2D eigenvalue weighted by atomic mass is 16.5. The summed E-state index contributed by atoms with van der Waals surface area (Å²) in [6.07, 6.45) is 4.87. The van der Waals surface area contributed by atoms with Gasteiger partial charge in [-0.1, -0.05) is 97.9 Å². The van der Waals surface area contributed by atoms with Crippen LogP contribution in [0.2, 0.25) is 0 Å². The van der Waals surface area contributed by atoms with Crippen LogP contribution >= 0.6 is 0 Å². The average molecular weight is 630 g/mol. The van der Waals surface area contributed by atoms with Gasteiger partial charge in [0.2, 0.25) is 11.8 Å². The van der Waals surface area contributed by atoms with Crippen LogP contribution in [0.3, 0.4) is 0 Å². The number of ether oxygens (including phenoxy) is 1. The lowest BCUT2D eigenvalue weighted by molar-refractivity contribution is -0.145. The monoisotopic (exact) mass is 629 g/mol. The van der Waals surface area contributed by atoms with Crippen molar-refractivity contribution in [1.29, 1.82) is 0 Å². The quantitative estimate of drug-likeness (QED) is 0.161. The number of hydrogen-bond acceptors (Lipinski definition) is 4. The van der Waals surface area contributed by atoms with Crippen LogP contribution in [0.1, 0.15) is 45.9 Å². The molecule has 244 valence electrons. The largest absolute Gasteiger partial charge is 0.496 e. The van der Waals surface area contributed by atoms with E-state index in [1.165, 1.54) is 11.1 Å². The van der Waals surface area contributed by atoms with Gasteiger partial charge in [0.05, 0.1) is 7.11 Å². The molecule has 6 nitrogen and oxygen atoms in total. The van der Waals surface area contributed by atoms with Gasteiger partial charge in [0.15, 0.2) is 0 Å². The smallest absolute Gasteiger partial charge is 0.247 e. The zero-order valence-corrected chi connectivity index (χ0v) is 28.2. The molecule has 1 heterocycles. The molecule has 1 aliphatic rings. The van der Waals surface area contributed by atoms with Gasteiger partial charge >= 0.3 is 0 Å². The zero-order chi connectivity index (χ0) is 33.2. The topological polar surface area (TPSA) is 53.1 Å². The van der Waals surface area contributed by atoms with Crippen LogP contribution in [0.5, 0.6) is 5.75 Å². The molecular weight excluding hydrogens is 582 g/mol. The van der Waals surface area contributed by atoms with Crippen LogP contribution in [0, 0.1) is 13.8 Å². The van der Waals surface area contributed by atoms with E-state index in [1.807, 2.05) is 73.4 Å². The number of aryl methyl sites for hydroxylation is 1. The molecule has 5 rings (SSSR count). The Morgan fingerprint density at radius 1 is 0.766 bits per heavy atom. The van der Waals surface area contributed by atoms with E-state index in [1.54, 1.807) is 18.1 Å². The minimum Gasteiger partial charge on any atom is -0.496 e. The fourth-order valence-electron chi connectivity index (χ4n) is 6.24. The van der Waals surface area contributed by atoms with Crippen molar-refractivity contribution >= 4 is 17.9 Å². The third-order valence-electron chi connectivity index (χ3n) is 9.34. The molecule has 0 saturated carbocycles. The maximum absolute atomic E-state index is 14.5. The normalized spacial score (nSPS) is 14.3. The van der Waals surface area contributed by atoms with Gasteiger partial charge in [-0.05, 0) is 71.4 Å². The molecule has 0 bridgehead atoms. The Morgan fingerprint density at radius 2 is 1.38 bits per heavy atom. The summed E-state index contributed by atoms with van der Waals surface area (Å²) in [5, 5.41) is 0. The van der Waals surface area contributed by atoms with Crippen molar-refractivity contribution < 1.29 is 14.3 Å². The summed E-state index contributed by atoms with van der Waals surface area (Å²) in [4.78, 5) is 34.9. The minimum atomic E-state index is -0.653. The molecule has 1 unspecified atom stereocenters. The number of amides is 2. The van der Waals surface area contributed by atoms with E-state index in [-0.39, 0.29) is 11.8 Å². The van der Waals surface area contributed by atoms with Gasteiger partial charge in [-0.15, -0.1) is 0 Å². The fraction of sp³-hybridized carbons (Fsp3) is 0.317. The molecular formula is C41H47N3O3. The third kappa shape index (κ3) is 8.78. The first kappa shape index (κ1) is 33.7. The number of carbonyl (C=O) groups is 2. The van der Waals surface area contributed by atoms with Crippen molar-refractivity contribution in [1.82, 2.24) is 14.7 Å². The van der Waals surface area contributed by atoms with Crippen molar-refractivity contribution in [2.45, 2.75) is 52.7 Å². The van der Waals surface area contributed by atoms with Crippen molar-refractivity contribution in [2.24, 2.45) is 0 Å². The molecule has 0 radical (unpaired) electrons. The summed E-state index contributed by atoms with van der Waals surface area (Å²) in [6.45, 7) is 10.2. The van der Waals surface area contributed by atoms with Gasteiger partial charge < -0.3 is 14.5 Å². The number of piperazine rings is 1. The van der Waals surface area contributed by atoms with Crippen LogP contribution < -0.4 is 4.74 Å². The first-order valence-electron chi connectivity index (χ1n) is 16.7. The second kappa shape index (κ2) is 16.2. The number of rotatable bonds is 12. The maximum atomic E-state index is 14.5. The van der Waals surface area contributed by atoms with Crippen LogP contribution in [-0.4, -0.2) is 65.8 Å². The van der Waals surface area contributed by atoms with E-state index < -0.39 is 6.04 Å². The Hall–Kier alpha value is -4.68. The number of hydrogen-bond donors (Lipinski definition) is 0. The summed E-state index contributed by atoms with van der Waals surface area (Å²) < 4.78 is 5.49. The summed E-state index contributed by atoms with van der Waals surface area (Å²) in [5.41, 5.74) is 7.58. The Kier molecular flexibility index (Phi) is 11.6. The molecule has 1 saturated heterocycles. The maximum Gasteiger partial charge on any atom is 0.247 e. The molecule has 0 aliphatic carbocycles. The summed E-state index contributed by atoms with van der Waals surface area (Å²) in [6, 6.07) is 32.1. The minimum absolute atomic E-state index is 0.00313. The summed E-state index contributed by atoms with van der Waals surface area (Å²) in [5.74, 6) is 0.631. The molecule has 1 fully saturated rings. The molecule has 4 aromatic carbocycles. The van der Waals surface area contributed by atoms with Crippen LogP contribution in [0.15, 0.2) is 103 Å². The molecule has 0 N–H and O–H groups in total. The van der Waals surface area contributed by atoms with Crippen LogP contribution in [-0.2, 0) is 35.5 Å². The van der Waals surface area contributed by atoms with E-state index in [0.717, 1.165) is 59.6 Å². The Balaban J connectivity index is 1.43. The Labute approximate surface area is 280 Å². The second-order valence-corrected chi connectivity index (χ2v) is 12.4. The van der Waals surface area contributed by atoms with Gasteiger partial charge in [-0.3, -0.25) is 14.5 Å². The van der Waals surface area contributed by atoms with Crippen molar-refractivity contribution in [3.63, 3.8) is 0 Å². The predicted molar refractivity (Wildman–Crippen MR) is 190 cm³/mol. The lowest BCUT2D eigenvalue weighted by Gasteiger charge is -2.39. The molecule has 0 aromatic heterocycles. The van der Waals surface area contributed by atoms with E-state index in [4.69, 9.17) is 4.74 Å². The first-order chi connectivity index (χ1) is 22.9. The number of benzene rings is 4. The molecule has 4 aromatic rings. The molecule has 1 aliphatic heterocycles. The van der Waals surface area contributed by atoms with Crippen LogP contribution in [0.25, 0.3) is 6.08 Å². The highest BCUT2D eigenvalue weighted by Crippen LogP contribution is 2.25. The molecule has 47 heavy (non-hydrogen) atoms. The number of nitrogens with zero attached hydrogens (tertiary/aromatic N) is 3. The SMILES string of the molecule is CCc1ccc(CN(C(=O)C=Cc2ccc(OC)c(C)c2C)C(Cc2ccccc2)C(=O)N2CCN(Cc3ccccc3)CC2)cc1. The van der Waals surface area contributed by atoms with Gasteiger partial charge in [0, 0.05) is 51.8 Å². The lowest BCUT2D eigenvalue weighted by Crippen LogP contribution is -2.56. The van der Waals surface area contributed by atoms with Gasteiger partial charge in [0.25, 0.3) is 0 Å². The van der Waals surface area contributed by atoms with E-state index in [9.17, 15) is 9.59 Å². The van der Waals surface area contributed by atoms with Gasteiger partial charge in [-0.2, -0.15) is 0 Å². The number of methoxy groups -OCH3 is 1. The second-order valence-electron chi connectivity index (χ2n) is 12.4. The molecule has 0 spiro atoms. The highest BCUT2D eigenvalue weighted by Gasteiger charge is 2.34. The zero-order valence-electron chi connectivity index (χ0n) is 28.2. The molecule has 1 atom stereocenters. The van der Waals surface area contributed by atoms with Crippen molar-refractivity contribution in [2.75, 3.05) is 33.3 Å². The van der Waals surface area contributed by atoms with E-state index in [0.29, 0.717) is 26.1 Å². The third-order valence-corrected chi connectivity index (χ3v) is 9.34. The van der Waals surface area contributed by atoms with E-state index in [2.05, 4.69) is 60.4 Å². The van der Waals surface area contributed by atoms with Crippen molar-refractivity contribution in [3.05, 3.63) is 142 Å². The van der Waals surface area contributed by atoms with E-state index >= 15 is 0 Å². The first-order valence-corrected chi connectivity index (χ1v) is 16.7. The van der Waals surface area contributed by atoms with Crippen LogP contribution in [0.4, 0.5) is 0 Å². The molecule has 6 heteroatoms. The lowest BCUT2D eigenvalue weighted by atomic mass is 10.00. The fourth-order valence-corrected chi connectivity index (χ4v) is 6.24. The standard InChI is InChI=1S/C41H47N3O3/c1-5-33-16-18-36(19-17-33)30-44(40(45)23-21-37-20-22-39(47-4)32(3)31(37)2)38(28-34-12-8-6-9-13-34)41(46)43-26-24-42(25-27-43)29-35-14-10-7-11-15-35/h6-23,38H,5,24-30H2,1-4H3. The Bertz CT molecular complexity index is 1640. The van der Waals surface area contributed by atoms with Gasteiger partial charge in [-0.25, -0.2) is 0 Å². The summed E-state index contributed by atoms with van der Waals surface area (Å²) in [7, 11) is 1.67. The van der Waals surface area contributed by atoms with Crippen molar-refractivity contribution in [3.8, 4) is 5.75 Å². The number of carbonyl (C=O) groups excluding carboxylic acids is 2. The summed E-state index contributed by atoms with van der Waals surface area (Å²) >= 11 is 0. The van der Waals surface area contributed by atoms with Gasteiger partial charge in [0.1, 0.15) is 11.8 Å². The highest BCUT2D eigenvalue weighted by molar-refractivity contribution is 5.96. The Morgan fingerprint density at radius 3 is 2.00 bits per heavy atom.